The van der Waals surface area contributed by atoms with E-state index in [1.54, 1.807) is 55.6 Å². The number of methoxy groups -OCH3 is 2. The highest BCUT2D eigenvalue weighted by atomic mass is 16.5. The first-order valence-corrected chi connectivity index (χ1v) is 8.33. The van der Waals surface area contributed by atoms with Crippen LogP contribution in [0.4, 0.5) is 17.3 Å². The molecule has 0 unspecified atom stereocenters. The van der Waals surface area contributed by atoms with E-state index >= 15 is 0 Å². The van der Waals surface area contributed by atoms with E-state index in [9.17, 15) is 9.59 Å². The maximum Gasteiger partial charge on any atom is 0.339 e. The fourth-order valence-corrected chi connectivity index (χ4v) is 2.44. The molecule has 28 heavy (non-hydrogen) atoms. The summed E-state index contributed by atoms with van der Waals surface area (Å²) in [5, 5.41) is 5.69. The van der Waals surface area contributed by atoms with Crippen LogP contribution in [0.15, 0.2) is 60.8 Å². The number of esters is 1. The van der Waals surface area contributed by atoms with E-state index in [0.29, 0.717) is 22.7 Å². The van der Waals surface area contributed by atoms with E-state index in [1.807, 2.05) is 0 Å². The molecule has 142 valence electrons. The maximum atomic E-state index is 12.5. The topological polar surface area (TPSA) is 102 Å². The molecule has 0 aliphatic heterocycles. The quantitative estimate of drug-likeness (QED) is 0.635. The number of ether oxygens (including phenoxy) is 2. The number of carbonyl (C=O) groups excluding carboxylic acids is 2. The number of carbonyl (C=O) groups is 2. The Labute approximate surface area is 161 Å². The first kappa shape index (κ1) is 18.8. The highest BCUT2D eigenvalue weighted by Crippen LogP contribution is 2.20. The molecule has 0 fully saturated rings. The van der Waals surface area contributed by atoms with Crippen molar-refractivity contribution in [3.63, 3.8) is 0 Å². The lowest BCUT2D eigenvalue weighted by Gasteiger charge is -2.10. The normalized spacial score (nSPS) is 10.1. The molecule has 8 nitrogen and oxygen atoms in total. The van der Waals surface area contributed by atoms with E-state index in [0.717, 1.165) is 0 Å². The standard InChI is InChI=1S/C20H18N4O4/c1-27-14-7-5-6-13(12-14)22-18(25)17-10-11-21-20(24-17)23-16-9-4-3-8-15(16)19(26)28-2/h3-12H,1-2H3,(H,22,25)(H,21,23,24). The number of amides is 1. The molecule has 1 aromatic heterocycles. The second-order valence-corrected chi connectivity index (χ2v) is 5.61. The first-order valence-electron chi connectivity index (χ1n) is 8.33. The van der Waals surface area contributed by atoms with Crippen LogP contribution in [-0.2, 0) is 4.74 Å². The first-order chi connectivity index (χ1) is 13.6. The van der Waals surface area contributed by atoms with Crippen molar-refractivity contribution >= 4 is 29.2 Å². The van der Waals surface area contributed by atoms with Gasteiger partial charge < -0.3 is 20.1 Å². The Morgan fingerprint density at radius 3 is 2.61 bits per heavy atom. The Hall–Kier alpha value is -3.94. The smallest absolute Gasteiger partial charge is 0.339 e. The molecule has 8 heteroatoms. The molecule has 2 N–H and O–H groups in total. The van der Waals surface area contributed by atoms with Crippen molar-refractivity contribution in [2.75, 3.05) is 24.9 Å². The predicted octanol–water partition coefficient (Wildman–Crippen LogP) is 3.27. The minimum absolute atomic E-state index is 0.163. The Morgan fingerprint density at radius 2 is 1.82 bits per heavy atom. The van der Waals surface area contributed by atoms with Gasteiger partial charge in [-0.3, -0.25) is 4.79 Å². The lowest BCUT2D eigenvalue weighted by Crippen LogP contribution is -2.15. The summed E-state index contributed by atoms with van der Waals surface area (Å²) in [4.78, 5) is 32.7. The minimum atomic E-state index is -0.491. The van der Waals surface area contributed by atoms with E-state index in [-0.39, 0.29) is 11.6 Å². The van der Waals surface area contributed by atoms with Crippen LogP contribution >= 0.6 is 0 Å². The molecule has 0 aliphatic rings. The SMILES string of the molecule is COC(=O)c1ccccc1Nc1nccc(C(=O)Nc2cccc(OC)c2)n1. The van der Waals surface area contributed by atoms with Crippen molar-refractivity contribution in [1.29, 1.82) is 0 Å². The zero-order chi connectivity index (χ0) is 19.9. The summed E-state index contributed by atoms with van der Waals surface area (Å²) in [7, 11) is 2.86. The molecule has 1 heterocycles. The van der Waals surface area contributed by atoms with Crippen LogP contribution < -0.4 is 15.4 Å². The van der Waals surface area contributed by atoms with Gasteiger partial charge in [-0.15, -0.1) is 0 Å². The van der Waals surface area contributed by atoms with E-state index in [1.165, 1.54) is 19.4 Å². The molecular weight excluding hydrogens is 360 g/mol. The summed E-state index contributed by atoms with van der Waals surface area (Å²) >= 11 is 0. The van der Waals surface area contributed by atoms with Gasteiger partial charge in [0.2, 0.25) is 5.95 Å². The molecule has 0 saturated heterocycles. The average Bonchev–Trinajstić information content (AvgIpc) is 2.74. The van der Waals surface area contributed by atoms with Gasteiger partial charge in [-0.1, -0.05) is 18.2 Å². The highest BCUT2D eigenvalue weighted by Gasteiger charge is 2.14. The third-order valence-electron chi connectivity index (χ3n) is 3.79. The zero-order valence-corrected chi connectivity index (χ0v) is 15.3. The largest absolute Gasteiger partial charge is 0.497 e. The molecule has 2 aromatic carbocycles. The Bertz CT molecular complexity index is 1010. The number of para-hydroxylation sites is 1. The monoisotopic (exact) mass is 378 g/mol. The van der Waals surface area contributed by atoms with Crippen LogP contribution in [0.5, 0.6) is 5.75 Å². The lowest BCUT2D eigenvalue weighted by molar-refractivity contribution is 0.0601. The molecule has 3 rings (SSSR count). The summed E-state index contributed by atoms with van der Waals surface area (Å²) in [5.74, 6) is -0.0908. The van der Waals surface area contributed by atoms with Gasteiger partial charge in [0.15, 0.2) is 0 Å². The number of nitrogens with zero attached hydrogens (tertiary/aromatic N) is 2. The van der Waals surface area contributed by atoms with Gasteiger partial charge >= 0.3 is 5.97 Å². The minimum Gasteiger partial charge on any atom is -0.497 e. The van der Waals surface area contributed by atoms with Crippen molar-refractivity contribution < 1.29 is 19.1 Å². The third kappa shape index (κ3) is 4.42. The molecule has 0 radical (unpaired) electrons. The Kier molecular flexibility index (Phi) is 5.81. The van der Waals surface area contributed by atoms with Crippen LogP contribution in [0.25, 0.3) is 0 Å². The van der Waals surface area contributed by atoms with Gasteiger partial charge in [-0.25, -0.2) is 14.8 Å². The molecule has 0 saturated carbocycles. The number of benzene rings is 2. The average molecular weight is 378 g/mol. The fraction of sp³-hybridized carbons (Fsp3) is 0.100. The van der Waals surface area contributed by atoms with Gasteiger partial charge in [-0.2, -0.15) is 0 Å². The van der Waals surface area contributed by atoms with Gasteiger partial charge in [0.25, 0.3) is 5.91 Å². The predicted molar refractivity (Wildman–Crippen MR) is 104 cm³/mol. The molecular formula is C20H18N4O4. The van der Waals surface area contributed by atoms with Crippen molar-refractivity contribution in [2.45, 2.75) is 0 Å². The van der Waals surface area contributed by atoms with Crippen molar-refractivity contribution in [2.24, 2.45) is 0 Å². The van der Waals surface area contributed by atoms with Crippen LogP contribution in [0, 0.1) is 0 Å². The number of hydrogen-bond acceptors (Lipinski definition) is 7. The molecule has 0 spiro atoms. The molecule has 0 atom stereocenters. The van der Waals surface area contributed by atoms with Crippen molar-refractivity contribution in [1.82, 2.24) is 9.97 Å². The number of aromatic nitrogens is 2. The summed E-state index contributed by atoms with van der Waals surface area (Å²) < 4.78 is 9.91. The van der Waals surface area contributed by atoms with Crippen LogP contribution in [0.2, 0.25) is 0 Å². The summed E-state index contributed by atoms with van der Waals surface area (Å²) in [6.07, 6.45) is 1.45. The molecule has 0 bridgehead atoms. The Morgan fingerprint density at radius 1 is 1.00 bits per heavy atom. The van der Waals surface area contributed by atoms with E-state index in [4.69, 9.17) is 9.47 Å². The van der Waals surface area contributed by atoms with Crippen LogP contribution in [0.1, 0.15) is 20.8 Å². The van der Waals surface area contributed by atoms with Gasteiger partial charge in [0, 0.05) is 18.0 Å². The summed E-state index contributed by atoms with van der Waals surface area (Å²) in [6.45, 7) is 0. The second-order valence-electron chi connectivity index (χ2n) is 5.61. The van der Waals surface area contributed by atoms with Gasteiger partial charge in [0.1, 0.15) is 11.4 Å². The van der Waals surface area contributed by atoms with Gasteiger partial charge in [-0.05, 0) is 30.3 Å². The van der Waals surface area contributed by atoms with Crippen LogP contribution in [0.3, 0.4) is 0 Å². The number of nitrogens with one attached hydrogen (secondary N) is 2. The van der Waals surface area contributed by atoms with E-state index < -0.39 is 11.9 Å². The van der Waals surface area contributed by atoms with Crippen molar-refractivity contribution in [3.8, 4) is 5.75 Å². The highest BCUT2D eigenvalue weighted by molar-refractivity contribution is 6.03. The summed E-state index contributed by atoms with van der Waals surface area (Å²) in [6, 6.07) is 15.3. The number of anilines is 3. The molecule has 1 amide bonds. The van der Waals surface area contributed by atoms with Crippen molar-refractivity contribution in [3.05, 3.63) is 72.1 Å². The summed E-state index contributed by atoms with van der Waals surface area (Å²) in [5.41, 5.74) is 1.55. The van der Waals surface area contributed by atoms with Gasteiger partial charge in [0.05, 0.1) is 25.5 Å². The maximum absolute atomic E-state index is 12.5. The second kappa shape index (κ2) is 8.63. The third-order valence-corrected chi connectivity index (χ3v) is 3.79. The fourth-order valence-electron chi connectivity index (χ4n) is 2.44. The molecule has 3 aromatic rings. The van der Waals surface area contributed by atoms with Crippen LogP contribution in [-0.4, -0.2) is 36.1 Å². The molecule has 0 aliphatic carbocycles. The lowest BCUT2D eigenvalue weighted by atomic mass is 10.2. The number of rotatable bonds is 6. The number of hydrogen-bond donors (Lipinski definition) is 2. The van der Waals surface area contributed by atoms with E-state index in [2.05, 4.69) is 20.6 Å². The zero-order valence-electron chi connectivity index (χ0n) is 15.3. The Balaban J connectivity index is 1.79.